The zero-order chi connectivity index (χ0) is 11.5. The van der Waals surface area contributed by atoms with E-state index in [0.717, 1.165) is 25.3 Å². The zero-order valence-corrected chi connectivity index (χ0v) is 9.94. The fourth-order valence-corrected chi connectivity index (χ4v) is 2.44. The smallest absolute Gasteiger partial charge is 0.142 e. The first-order chi connectivity index (χ1) is 7.80. The number of hydrogen-bond acceptors (Lipinski definition) is 3. The molecular formula is C13H19NO2. The summed E-state index contributed by atoms with van der Waals surface area (Å²) in [4.78, 5) is 2.29. The van der Waals surface area contributed by atoms with Gasteiger partial charge in [0.25, 0.3) is 0 Å². The van der Waals surface area contributed by atoms with E-state index in [0.29, 0.717) is 5.92 Å². The molecule has 0 bridgehead atoms. The van der Waals surface area contributed by atoms with Crippen LogP contribution in [0.5, 0.6) is 5.75 Å². The largest absolute Gasteiger partial charge is 0.495 e. The monoisotopic (exact) mass is 221 g/mol. The maximum absolute atomic E-state index is 9.30. The van der Waals surface area contributed by atoms with Crippen LogP contribution in [0.4, 0.5) is 5.69 Å². The van der Waals surface area contributed by atoms with E-state index < -0.39 is 0 Å². The number of rotatable bonds is 3. The predicted octanol–water partition coefficient (Wildman–Crippen LogP) is 1.69. The lowest BCUT2D eigenvalue weighted by Crippen LogP contribution is -2.37. The Hall–Kier alpha value is -1.22. The fourth-order valence-electron chi connectivity index (χ4n) is 2.44. The van der Waals surface area contributed by atoms with Gasteiger partial charge in [-0.15, -0.1) is 0 Å². The van der Waals surface area contributed by atoms with Gasteiger partial charge in [-0.25, -0.2) is 0 Å². The number of ether oxygens (including phenoxy) is 1. The van der Waals surface area contributed by atoms with Gasteiger partial charge in [-0.05, 0) is 25.0 Å². The third-order valence-corrected chi connectivity index (χ3v) is 3.25. The molecular weight excluding hydrogens is 202 g/mol. The fraction of sp³-hybridized carbons (Fsp3) is 0.538. The Morgan fingerprint density at radius 1 is 1.50 bits per heavy atom. The molecule has 0 unspecified atom stereocenters. The van der Waals surface area contributed by atoms with Crippen LogP contribution < -0.4 is 9.64 Å². The van der Waals surface area contributed by atoms with Gasteiger partial charge < -0.3 is 14.7 Å². The molecule has 0 saturated carbocycles. The number of aliphatic hydroxyl groups excluding tert-OH is 1. The number of anilines is 1. The third kappa shape index (κ3) is 1.87. The molecule has 0 aliphatic carbocycles. The minimum Gasteiger partial charge on any atom is -0.495 e. The molecule has 0 saturated heterocycles. The summed E-state index contributed by atoms with van der Waals surface area (Å²) in [6.07, 6.45) is 0.944. The maximum atomic E-state index is 9.30. The van der Waals surface area contributed by atoms with Crippen LogP contribution in [0.2, 0.25) is 0 Å². The topological polar surface area (TPSA) is 32.7 Å². The summed E-state index contributed by atoms with van der Waals surface area (Å²) in [6, 6.07) is 6.15. The van der Waals surface area contributed by atoms with Crippen molar-refractivity contribution in [3.05, 3.63) is 23.8 Å². The molecule has 3 nitrogen and oxygen atoms in total. The highest BCUT2D eigenvalue weighted by atomic mass is 16.5. The van der Waals surface area contributed by atoms with Gasteiger partial charge in [0.15, 0.2) is 0 Å². The average Bonchev–Trinajstić information content (AvgIpc) is 2.36. The highest BCUT2D eigenvalue weighted by molar-refractivity contribution is 5.65. The van der Waals surface area contributed by atoms with Crippen molar-refractivity contribution in [1.82, 2.24) is 0 Å². The summed E-state index contributed by atoms with van der Waals surface area (Å²) >= 11 is 0. The van der Waals surface area contributed by atoms with Gasteiger partial charge in [0.1, 0.15) is 5.75 Å². The molecule has 1 atom stereocenters. The van der Waals surface area contributed by atoms with Crippen molar-refractivity contribution < 1.29 is 9.84 Å². The molecule has 0 fully saturated rings. The number of fused-ring (bicyclic) bond motifs is 1. The average molecular weight is 221 g/mol. The van der Waals surface area contributed by atoms with Crippen molar-refractivity contribution in [3.63, 3.8) is 0 Å². The molecule has 0 aromatic heterocycles. The van der Waals surface area contributed by atoms with Crippen LogP contribution in [0.15, 0.2) is 18.2 Å². The minimum atomic E-state index is 0.257. The molecule has 1 aliphatic heterocycles. The number of aliphatic hydroxyl groups is 1. The van der Waals surface area contributed by atoms with E-state index in [4.69, 9.17) is 4.74 Å². The van der Waals surface area contributed by atoms with Crippen LogP contribution in [0.3, 0.4) is 0 Å². The van der Waals surface area contributed by atoms with E-state index in [2.05, 4.69) is 17.9 Å². The van der Waals surface area contributed by atoms with E-state index in [-0.39, 0.29) is 6.61 Å². The molecule has 0 amide bonds. The molecule has 88 valence electrons. The molecule has 1 aliphatic rings. The van der Waals surface area contributed by atoms with Crippen molar-refractivity contribution in [2.24, 2.45) is 5.92 Å². The zero-order valence-electron chi connectivity index (χ0n) is 9.94. The predicted molar refractivity (Wildman–Crippen MR) is 65.2 cm³/mol. The van der Waals surface area contributed by atoms with Crippen LogP contribution in [-0.4, -0.2) is 31.9 Å². The Bertz CT molecular complexity index is 365. The Morgan fingerprint density at radius 2 is 2.31 bits per heavy atom. The van der Waals surface area contributed by atoms with Gasteiger partial charge in [0.05, 0.1) is 12.8 Å². The molecule has 1 N–H and O–H groups in total. The molecule has 2 rings (SSSR count). The molecule has 0 radical (unpaired) electrons. The number of para-hydroxylation sites is 1. The number of nitrogens with zero attached hydrogens (tertiary/aromatic N) is 1. The van der Waals surface area contributed by atoms with E-state index >= 15 is 0 Å². The van der Waals surface area contributed by atoms with Crippen LogP contribution in [0.1, 0.15) is 12.5 Å². The van der Waals surface area contributed by atoms with Gasteiger partial charge in [0.2, 0.25) is 0 Å². The van der Waals surface area contributed by atoms with Crippen molar-refractivity contribution in [3.8, 4) is 5.75 Å². The van der Waals surface area contributed by atoms with Crippen LogP contribution in [0, 0.1) is 5.92 Å². The van der Waals surface area contributed by atoms with Gasteiger partial charge in [0, 0.05) is 25.6 Å². The summed E-state index contributed by atoms with van der Waals surface area (Å²) in [6.45, 7) is 4.26. The highest BCUT2D eigenvalue weighted by Gasteiger charge is 2.25. The van der Waals surface area contributed by atoms with E-state index in [9.17, 15) is 5.11 Å². The van der Waals surface area contributed by atoms with E-state index in [1.807, 2.05) is 12.1 Å². The van der Waals surface area contributed by atoms with Crippen molar-refractivity contribution in [1.29, 1.82) is 0 Å². The second-order valence-electron chi connectivity index (χ2n) is 4.26. The standard InChI is InChI=1S/C13H19NO2/c1-3-14-8-10(9-15)7-11-5-4-6-12(16-2)13(11)14/h4-6,10,15H,3,7-9H2,1-2H3/t10-/m0/s1. The quantitative estimate of drug-likeness (QED) is 0.843. The molecule has 16 heavy (non-hydrogen) atoms. The van der Waals surface area contributed by atoms with Gasteiger partial charge in [-0.2, -0.15) is 0 Å². The minimum absolute atomic E-state index is 0.257. The second-order valence-corrected chi connectivity index (χ2v) is 4.26. The lowest BCUT2D eigenvalue weighted by molar-refractivity contribution is 0.224. The van der Waals surface area contributed by atoms with Gasteiger partial charge >= 0.3 is 0 Å². The maximum Gasteiger partial charge on any atom is 0.142 e. The first-order valence-corrected chi connectivity index (χ1v) is 5.81. The number of benzene rings is 1. The van der Waals surface area contributed by atoms with Crippen LogP contribution in [0.25, 0.3) is 0 Å². The highest BCUT2D eigenvalue weighted by Crippen LogP contribution is 2.37. The Morgan fingerprint density at radius 3 is 2.94 bits per heavy atom. The summed E-state index contributed by atoms with van der Waals surface area (Å²) in [5.74, 6) is 1.29. The van der Waals surface area contributed by atoms with Gasteiger partial charge in [-0.1, -0.05) is 12.1 Å². The van der Waals surface area contributed by atoms with E-state index in [1.54, 1.807) is 7.11 Å². The lowest BCUT2D eigenvalue weighted by atomic mass is 9.92. The normalized spacial score (nSPS) is 19.4. The number of methoxy groups -OCH3 is 1. The molecule has 3 heteroatoms. The molecule has 1 heterocycles. The Labute approximate surface area is 96.6 Å². The molecule has 0 spiro atoms. The van der Waals surface area contributed by atoms with Crippen molar-refractivity contribution in [2.75, 3.05) is 31.7 Å². The van der Waals surface area contributed by atoms with Crippen molar-refractivity contribution in [2.45, 2.75) is 13.3 Å². The second kappa shape index (κ2) is 4.74. The Kier molecular flexibility index (Phi) is 3.34. The van der Waals surface area contributed by atoms with Crippen LogP contribution in [-0.2, 0) is 6.42 Å². The SMILES string of the molecule is CCN1C[C@@H](CO)Cc2cccc(OC)c21. The molecule has 1 aromatic rings. The lowest BCUT2D eigenvalue weighted by Gasteiger charge is -2.35. The Balaban J connectivity index is 2.41. The van der Waals surface area contributed by atoms with Crippen molar-refractivity contribution >= 4 is 5.69 Å². The summed E-state index contributed by atoms with van der Waals surface area (Å²) < 4.78 is 5.41. The summed E-state index contributed by atoms with van der Waals surface area (Å²) in [5.41, 5.74) is 2.49. The first kappa shape index (κ1) is 11.3. The molecule has 1 aromatic carbocycles. The first-order valence-electron chi connectivity index (χ1n) is 5.81. The summed E-state index contributed by atoms with van der Waals surface area (Å²) in [7, 11) is 1.71. The number of hydrogen-bond donors (Lipinski definition) is 1. The van der Waals surface area contributed by atoms with Gasteiger partial charge in [-0.3, -0.25) is 0 Å². The third-order valence-electron chi connectivity index (χ3n) is 3.25. The van der Waals surface area contributed by atoms with E-state index in [1.165, 1.54) is 11.3 Å². The van der Waals surface area contributed by atoms with Crippen LogP contribution >= 0.6 is 0 Å². The summed E-state index contributed by atoms with van der Waals surface area (Å²) in [5, 5.41) is 9.30.